The molecule has 2 aromatic rings. The van der Waals surface area contributed by atoms with Crippen molar-refractivity contribution in [1.82, 2.24) is 5.32 Å². The molecule has 3 heteroatoms. The number of thioether (sulfide) groups is 1. The van der Waals surface area contributed by atoms with Gasteiger partial charge in [0.15, 0.2) is 0 Å². The van der Waals surface area contributed by atoms with Crippen molar-refractivity contribution in [2.45, 2.75) is 23.9 Å². The molecule has 1 heterocycles. The monoisotopic (exact) mass is 289 g/mol. The first-order valence-corrected chi connectivity index (χ1v) is 7.83. The van der Waals surface area contributed by atoms with E-state index in [1.807, 2.05) is 23.9 Å². The Morgan fingerprint density at radius 2 is 1.89 bits per heavy atom. The van der Waals surface area contributed by atoms with Gasteiger partial charge in [-0.2, -0.15) is 0 Å². The summed E-state index contributed by atoms with van der Waals surface area (Å²) in [5.41, 5.74) is 2.70. The number of benzene rings is 2. The van der Waals surface area contributed by atoms with Crippen LogP contribution in [0.2, 0.25) is 5.02 Å². The average molecular weight is 290 g/mol. The van der Waals surface area contributed by atoms with Crippen LogP contribution in [0.3, 0.4) is 0 Å². The van der Waals surface area contributed by atoms with Crippen LogP contribution in [-0.2, 0) is 0 Å². The molecule has 0 amide bonds. The Bertz CT molecular complexity index is 567. The zero-order valence-electron chi connectivity index (χ0n) is 10.8. The molecule has 0 aromatic heterocycles. The molecule has 19 heavy (non-hydrogen) atoms. The van der Waals surface area contributed by atoms with Crippen LogP contribution in [-0.4, -0.2) is 5.75 Å². The lowest BCUT2D eigenvalue weighted by atomic mass is 10.0. The van der Waals surface area contributed by atoms with Crippen LogP contribution in [0.4, 0.5) is 0 Å². The summed E-state index contributed by atoms with van der Waals surface area (Å²) in [5, 5.41) is 4.50. The first kappa shape index (κ1) is 13.0. The van der Waals surface area contributed by atoms with Crippen molar-refractivity contribution in [2.75, 3.05) is 5.75 Å². The van der Waals surface area contributed by atoms with Gasteiger partial charge in [0.05, 0.1) is 0 Å². The Morgan fingerprint density at radius 1 is 1.16 bits per heavy atom. The largest absolute Gasteiger partial charge is 0.303 e. The SMILES string of the molecule is C[C@@H](NC1CSc2ccccc21)c1ccc(Cl)cc1. The Balaban J connectivity index is 1.74. The lowest BCUT2D eigenvalue weighted by molar-refractivity contribution is 0.501. The molecule has 1 nitrogen and oxygen atoms in total. The number of fused-ring (bicyclic) bond motifs is 1. The van der Waals surface area contributed by atoms with E-state index in [0.29, 0.717) is 12.1 Å². The molecule has 2 atom stereocenters. The van der Waals surface area contributed by atoms with Crippen molar-refractivity contribution in [3.05, 3.63) is 64.7 Å². The Labute approximate surface area is 123 Å². The summed E-state index contributed by atoms with van der Waals surface area (Å²) in [6.07, 6.45) is 0. The predicted molar refractivity (Wildman–Crippen MR) is 82.9 cm³/mol. The fraction of sp³-hybridized carbons (Fsp3) is 0.250. The summed E-state index contributed by atoms with van der Waals surface area (Å²) in [6.45, 7) is 2.20. The third-order valence-electron chi connectivity index (χ3n) is 3.52. The smallest absolute Gasteiger partial charge is 0.0431 e. The molecule has 0 bridgehead atoms. The summed E-state index contributed by atoms with van der Waals surface area (Å²) in [5.74, 6) is 1.11. The summed E-state index contributed by atoms with van der Waals surface area (Å²) in [6, 6.07) is 17.5. The van der Waals surface area contributed by atoms with Crippen LogP contribution in [0.5, 0.6) is 0 Å². The van der Waals surface area contributed by atoms with Crippen LogP contribution in [0.15, 0.2) is 53.4 Å². The van der Waals surface area contributed by atoms with Crippen LogP contribution >= 0.6 is 23.4 Å². The van der Waals surface area contributed by atoms with E-state index >= 15 is 0 Å². The van der Waals surface area contributed by atoms with Gasteiger partial charge in [-0.1, -0.05) is 41.9 Å². The fourth-order valence-electron chi connectivity index (χ4n) is 2.45. The van der Waals surface area contributed by atoms with Crippen molar-refractivity contribution in [3.8, 4) is 0 Å². The lowest BCUT2D eigenvalue weighted by Crippen LogP contribution is -2.24. The Kier molecular flexibility index (Phi) is 3.83. The van der Waals surface area contributed by atoms with Crippen LogP contribution in [0, 0.1) is 0 Å². The first-order valence-electron chi connectivity index (χ1n) is 6.47. The molecule has 1 N–H and O–H groups in total. The summed E-state index contributed by atoms with van der Waals surface area (Å²) in [7, 11) is 0. The maximum absolute atomic E-state index is 5.93. The highest BCUT2D eigenvalue weighted by molar-refractivity contribution is 7.99. The third kappa shape index (κ3) is 2.81. The molecular formula is C16H16ClNS. The predicted octanol–water partition coefficient (Wildman–Crippen LogP) is 4.84. The quantitative estimate of drug-likeness (QED) is 0.868. The standard InChI is InChI=1S/C16H16ClNS/c1-11(12-6-8-13(17)9-7-12)18-15-10-19-16-5-3-2-4-14(15)16/h2-9,11,15,18H,10H2,1H3/t11-,15?/m1/s1. The van der Waals surface area contributed by atoms with Crippen molar-refractivity contribution < 1.29 is 0 Å². The normalized spacial score (nSPS) is 19.2. The van der Waals surface area contributed by atoms with Crippen LogP contribution in [0.1, 0.15) is 30.1 Å². The number of hydrogen-bond donors (Lipinski definition) is 1. The van der Waals surface area contributed by atoms with Crippen LogP contribution < -0.4 is 5.32 Å². The molecule has 0 fully saturated rings. The van der Waals surface area contributed by atoms with Gasteiger partial charge in [0.2, 0.25) is 0 Å². The summed E-state index contributed by atoms with van der Waals surface area (Å²) in [4.78, 5) is 1.41. The molecule has 0 radical (unpaired) electrons. The van der Waals surface area contributed by atoms with E-state index in [1.54, 1.807) is 0 Å². The number of hydrogen-bond acceptors (Lipinski definition) is 2. The second-order valence-electron chi connectivity index (χ2n) is 4.84. The first-order chi connectivity index (χ1) is 9.24. The molecule has 1 aliphatic heterocycles. The van der Waals surface area contributed by atoms with Gasteiger partial charge < -0.3 is 5.32 Å². The zero-order valence-corrected chi connectivity index (χ0v) is 12.3. The van der Waals surface area contributed by atoms with E-state index in [9.17, 15) is 0 Å². The number of halogens is 1. The maximum atomic E-state index is 5.93. The second-order valence-corrected chi connectivity index (χ2v) is 6.34. The van der Waals surface area contributed by atoms with Crippen molar-refractivity contribution >= 4 is 23.4 Å². The number of rotatable bonds is 3. The molecule has 0 spiro atoms. The highest BCUT2D eigenvalue weighted by atomic mass is 35.5. The summed E-state index contributed by atoms with van der Waals surface area (Å²) >= 11 is 7.86. The molecule has 2 aromatic carbocycles. The van der Waals surface area contributed by atoms with Gasteiger partial charge in [0.25, 0.3) is 0 Å². The van der Waals surface area contributed by atoms with Gasteiger partial charge in [-0.05, 0) is 36.2 Å². The fourth-order valence-corrected chi connectivity index (χ4v) is 3.75. The van der Waals surface area contributed by atoms with Gasteiger partial charge in [-0.3, -0.25) is 0 Å². The molecule has 1 aliphatic rings. The van der Waals surface area contributed by atoms with Gasteiger partial charge in [-0.15, -0.1) is 11.8 Å². The molecule has 0 aliphatic carbocycles. The topological polar surface area (TPSA) is 12.0 Å². The molecule has 0 saturated heterocycles. The molecule has 1 unspecified atom stereocenters. The lowest BCUT2D eigenvalue weighted by Gasteiger charge is -2.20. The third-order valence-corrected chi connectivity index (χ3v) is 4.96. The maximum Gasteiger partial charge on any atom is 0.0431 e. The van der Waals surface area contributed by atoms with Gasteiger partial charge >= 0.3 is 0 Å². The van der Waals surface area contributed by atoms with E-state index < -0.39 is 0 Å². The Morgan fingerprint density at radius 3 is 2.68 bits per heavy atom. The average Bonchev–Trinajstić information content (AvgIpc) is 2.83. The minimum atomic E-state index is 0.328. The molecular weight excluding hydrogens is 274 g/mol. The van der Waals surface area contributed by atoms with Crippen LogP contribution in [0.25, 0.3) is 0 Å². The number of nitrogens with one attached hydrogen (secondary N) is 1. The van der Waals surface area contributed by atoms with Crippen molar-refractivity contribution in [3.63, 3.8) is 0 Å². The van der Waals surface area contributed by atoms with E-state index in [2.05, 4.69) is 48.6 Å². The zero-order chi connectivity index (χ0) is 13.2. The minimum absolute atomic E-state index is 0.328. The van der Waals surface area contributed by atoms with E-state index in [0.717, 1.165) is 10.8 Å². The van der Waals surface area contributed by atoms with Crippen molar-refractivity contribution in [2.24, 2.45) is 0 Å². The van der Waals surface area contributed by atoms with E-state index in [1.165, 1.54) is 16.0 Å². The highest BCUT2D eigenvalue weighted by Gasteiger charge is 2.23. The second kappa shape index (κ2) is 5.58. The van der Waals surface area contributed by atoms with Gasteiger partial charge in [0.1, 0.15) is 0 Å². The van der Waals surface area contributed by atoms with Crippen molar-refractivity contribution in [1.29, 1.82) is 0 Å². The summed E-state index contributed by atoms with van der Waals surface area (Å²) < 4.78 is 0. The van der Waals surface area contributed by atoms with E-state index in [4.69, 9.17) is 11.6 Å². The highest BCUT2D eigenvalue weighted by Crippen LogP contribution is 2.38. The van der Waals surface area contributed by atoms with Gasteiger partial charge in [-0.25, -0.2) is 0 Å². The molecule has 3 rings (SSSR count). The minimum Gasteiger partial charge on any atom is -0.303 e. The molecule has 98 valence electrons. The Hall–Kier alpha value is -0.960. The molecule has 0 saturated carbocycles. The van der Waals surface area contributed by atoms with Gasteiger partial charge in [0, 0.05) is 27.8 Å². The van der Waals surface area contributed by atoms with E-state index in [-0.39, 0.29) is 0 Å².